The van der Waals surface area contributed by atoms with Crippen molar-refractivity contribution in [3.05, 3.63) is 24.3 Å². The standard InChI is InChI=1S/C17H24N2O2S3/c1-13(2)12-22-19(14-8-4-3-5-9-14)24(20,21)17-18-15-10-6-7-11-16(15)23-17/h6-7,10-11,13-14H,3-5,8-9,12H2,1-2H3. The van der Waals surface area contributed by atoms with E-state index in [1.165, 1.54) is 29.7 Å². The molecule has 7 heteroatoms. The number of hydrogen-bond acceptors (Lipinski definition) is 5. The molecule has 0 saturated heterocycles. The van der Waals surface area contributed by atoms with Crippen LogP contribution in [0.5, 0.6) is 0 Å². The van der Waals surface area contributed by atoms with Gasteiger partial charge in [-0.2, -0.15) is 0 Å². The first-order chi connectivity index (χ1) is 11.5. The van der Waals surface area contributed by atoms with E-state index in [0.717, 1.165) is 41.7 Å². The fourth-order valence-electron chi connectivity index (χ4n) is 2.92. The summed E-state index contributed by atoms with van der Waals surface area (Å²) in [5, 5.41) is 0. The highest BCUT2D eigenvalue weighted by atomic mass is 32.3. The Morgan fingerprint density at radius 3 is 2.62 bits per heavy atom. The highest BCUT2D eigenvalue weighted by Crippen LogP contribution is 2.36. The van der Waals surface area contributed by atoms with Gasteiger partial charge < -0.3 is 0 Å². The molecule has 0 amide bonds. The summed E-state index contributed by atoms with van der Waals surface area (Å²) >= 11 is 2.74. The predicted molar refractivity (Wildman–Crippen MR) is 103 cm³/mol. The van der Waals surface area contributed by atoms with E-state index in [1.807, 2.05) is 24.3 Å². The Kier molecular flexibility index (Phi) is 5.85. The van der Waals surface area contributed by atoms with Crippen molar-refractivity contribution in [3.63, 3.8) is 0 Å². The Morgan fingerprint density at radius 2 is 1.96 bits per heavy atom. The van der Waals surface area contributed by atoms with Gasteiger partial charge in [-0.25, -0.2) is 13.4 Å². The smallest absolute Gasteiger partial charge is 0.224 e. The average Bonchev–Trinajstić information content (AvgIpc) is 3.00. The van der Waals surface area contributed by atoms with Gasteiger partial charge in [0.25, 0.3) is 10.0 Å². The molecular weight excluding hydrogens is 360 g/mol. The van der Waals surface area contributed by atoms with Crippen LogP contribution in [0.1, 0.15) is 46.0 Å². The largest absolute Gasteiger partial charge is 0.279 e. The van der Waals surface area contributed by atoms with Gasteiger partial charge >= 0.3 is 0 Å². The van der Waals surface area contributed by atoms with Crippen LogP contribution >= 0.6 is 23.3 Å². The summed E-state index contributed by atoms with van der Waals surface area (Å²) in [7, 11) is -3.55. The lowest BCUT2D eigenvalue weighted by Crippen LogP contribution is -2.37. The molecule has 0 aliphatic heterocycles. The van der Waals surface area contributed by atoms with Crippen LogP contribution in [-0.2, 0) is 10.0 Å². The molecule has 0 bridgehead atoms. The minimum absolute atomic E-state index is 0.0968. The molecule has 1 aromatic carbocycles. The molecule has 1 fully saturated rings. The van der Waals surface area contributed by atoms with E-state index in [2.05, 4.69) is 18.8 Å². The van der Waals surface area contributed by atoms with Crippen LogP contribution in [0, 0.1) is 5.92 Å². The van der Waals surface area contributed by atoms with Crippen LogP contribution < -0.4 is 0 Å². The van der Waals surface area contributed by atoms with Crippen LogP contribution in [0.4, 0.5) is 0 Å². The molecule has 1 saturated carbocycles. The molecule has 24 heavy (non-hydrogen) atoms. The van der Waals surface area contributed by atoms with Crippen molar-refractivity contribution in [2.45, 2.75) is 56.3 Å². The lowest BCUT2D eigenvalue weighted by atomic mass is 9.96. The number of fused-ring (bicyclic) bond motifs is 1. The van der Waals surface area contributed by atoms with Crippen molar-refractivity contribution in [2.75, 3.05) is 5.75 Å². The highest BCUT2D eigenvalue weighted by Gasteiger charge is 2.35. The summed E-state index contributed by atoms with van der Waals surface area (Å²) in [6.07, 6.45) is 5.34. The molecule has 1 aliphatic rings. The maximum atomic E-state index is 13.3. The first kappa shape index (κ1) is 18.2. The Balaban J connectivity index is 1.93. The molecule has 0 N–H and O–H groups in total. The zero-order chi connectivity index (χ0) is 17.2. The zero-order valence-electron chi connectivity index (χ0n) is 14.1. The molecule has 0 radical (unpaired) electrons. The number of aromatic nitrogens is 1. The van der Waals surface area contributed by atoms with Crippen molar-refractivity contribution in [1.29, 1.82) is 0 Å². The SMILES string of the molecule is CC(C)CSN(C1CCCCC1)S(=O)(=O)c1nc2ccccc2s1. The fraction of sp³-hybridized carbons (Fsp3) is 0.588. The molecule has 4 nitrogen and oxygen atoms in total. The second-order valence-corrected chi connectivity index (χ2v) is 10.9. The molecule has 1 aromatic heterocycles. The quantitative estimate of drug-likeness (QED) is 0.663. The Labute approximate surface area is 152 Å². The monoisotopic (exact) mass is 384 g/mol. The summed E-state index contributed by atoms with van der Waals surface area (Å²) < 4.78 is 29.4. The normalized spacial score (nSPS) is 17.2. The second kappa shape index (κ2) is 7.72. The number of thiazole rings is 1. The zero-order valence-corrected chi connectivity index (χ0v) is 16.6. The first-order valence-electron chi connectivity index (χ1n) is 8.51. The van der Waals surface area contributed by atoms with E-state index in [-0.39, 0.29) is 10.4 Å². The molecule has 0 unspecified atom stereocenters. The maximum Gasteiger partial charge on any atom is 0.279 e. The van der Waals surface area contributed by atoms with Gasteiger partial charge in [0.15, 0.2) is 0 Å². The van der Waals surface area contributed by atoms with Gasteiger partial charge in [-0.15, -0.1) is 15.0 Å². The number of nitrogens with zero attached hydrogens (tertiary/aromatic N) is 2. The lowest BCUT2D eigenvalue weighted by Gasteiger charge is -2.32. The molecule has 0 atom stereocenters. The van der Waals surface area contributed by atoms with Gasteiger partial charge in [-0.1, -0.05) is 57.2 Å². The lowest BCUT2D eigenvalue weighted by molar-refractivity contribution is 0.345. The number of sulfonamides is 1. The van der Waals surface area contributed by atoms with Crippen molar-refractivity contribution < 1.29 is 8.42 Å². The van der Waals surface area contributed by atoms with Crippen LogP contribution in [0.15, 0.2) is 28.6 Å². The van der Waals surface area contributed by atoms with Gasteiger partial charge in [0.1, 0.15) is 0 Å². The first-order valence-corrected chi connectivity index (χ1v) is 11.7. The van der Waals surface area contributed by atoms with E-state index in [9.17, 15) is 8.42 Å². The van der Waals surface area contributed by atoms with Crippen molar-refractivity contribution >= 4 is 43.5 Å². The Bertz CT molecular complexity index is 747. The van der Waals surface area contributed by atoms with E-state index in [4.69, 9.17) is 0 Å². The van der Waals surface area contributed by atoms with E-state index in [1.54, 1.807) is 3.71 Å². The molecule has 0 spiro atoms. The van der Waals surface area contributed by atoms with Gasteiger partial charge in [-0.05, 0) is 30.9 Å². The van der Waals surface area contributed by atoms with Gasteiger partial charge in [0.2, 0.25) is 4.34 Å². The maximum absolute atomic E-state index is 13.3. The van der Waals surface area contributed by atoms with Crippen LogP contribution in [0.25, 0.3) is 10.2 Å². The second-order valence-electron chi connectivity index (χ2n) is 6.69. The molecular formula is C17H24N2O2S3. The van der Waals surface area contributed by atoms with Crippen LogP contribution in [-0.4, -0.2) is 28.9 Å². The molecule has 2 aromatic rings. The van der Waals surface area contributed by atoms with E-state index in [0.29, 0.717) is 5.92 Å². The number of benzene rings is 1. The summed E-state index contributed by atoms with van der Waals surface area (Å²) in [6, 6.07) is 7.71. The molecule has 1 heterocycles. The number of para-hydroxylation sites is 1. The van der Waals surface area contributed by atoms with Crippen LogP contribution in [0.2, 0.25) is 0 Å². The third-order valence-corrected chi connectivity index (χ3v) is 9.43. The molecule has 132 valence electrons. The third kappa shape index (κ3) is 3.95. The topological polar surface area (TPSA) is 50.3 Å². The van der Waals surface area contributed by atoms with Crippen molar-refractivity contribution in [3.8, 4) is 0 Å². The van der Waals surface area contributed by atoms with Crippen LogP contribution in [0.3, 0.4) is 0 Å². The fourth-order valence-corrected chi connectivity index (χ4v) is 7.48. The van der Waals surface area contributed by atoms with E-state index < -0.39 is 10.0 Å². The highest BCUT2D eigenvalue weighted by molar-refractivity contribution is 8.09. The molecule has 3 rings (SSSR count). The average molecular weight is 385 g/mol. The summed E-state index contributed by atoms with van der Waals surface area (Å²) in [6.45, 7) is 4.24. The van der Waals surface area contributed by atoms with E-state index >= 15 is 0 Å². The summed E-state index contributed by atoms with van der Waals surface area (Å²) in [4.78, 5) is 4.40. The summed E-state index contributed by atoms with van der Waals surface area (Å²) in [5.74, 6) is 1.26. The van der Waals surface area contributed by atoms with Gasteiger partial charge in [0.05, 0.1) is 10.2 Å². The Hall–Kier alpha value is -0.630. The minimum Gasteiger partial charge on any atom is -0.224 e. The predicted octanol–water partition coefficient (Wildman–Crippen LogP) is 4.92. The third-order valence-electron chi connectivity index (χ3n) is 4.14. The number of hydrogen-bond donors (Lipinski definition) is 0. The molecule has 1 aliphatic carbocycles. The van der Waals surface area contributed by atoms with Crippen molar-refractivity contribution in [1.82, 2.24) is 8.69 Å². The van der Waals surface area contributed by atoms with Crippen molar-refractivity contribution in [2.24, 2.45) is 5.92 Å². The summed E-state index contributed by atoms with van der Waals surface area (Å²) in [5.41, 5.74) is 0.763. The van der Waals surface area contributed by atoms with Gasteiger partial charge in [0, 0.05) is 11.8 Å². The van der Waals surface area contributed by atoms with Gasteiger partial charge in [-0.3, -0.25) is 0 Å². The Morgan fingerprint density at radius 1 is 1.25 bits per heavy atom. The number of rotatable bonds is 6. The minimum atomic E-state index is -3.55.